The number of carboxylic acid groups (broad SMARTS) is 2. The monoisotopic (exact) mass is 453 g/mol. The van der Waals surface area contributed by atoms with Crippen LogP contribution in [0.1, 0.15) is 25.8 Å². The molecule has 26 heavy (non-hydrogen) atoms. The van der Waals surface area contributed by atoms with Gasteiger partial charge in [0.2, 0.25) is 0 Å². The molecule has 0 radical (unpaired) electrons. The molecular formula is C17H25BrClNO6. The largest absolute Gasteiger partial charge is 0.488 e. The third-order valence-corrected chi connectivity index (χ3v) is 4.02. The number of hydrogen-bond acceptors (Lipinski definition) is 5. The molecule has 1 aromatic rings. The third-order valence-electron chi connectivity index (χ3n) is 3.15. The van der Waals surface area contributed by atoms with Crippen LogP contribution in [0.5, 0.6) is 5.75 Å². The summed E-state index contributed by atoms with van der Waals surface area (Å²) in [4.78, 5) is 18.2. The van der Waals surface area contributed by atoms with E-state index in [0.717, 1.165) is 23.0 Å². The predicted molar refractivity (Wildman–Crippen MR) is 103 cm³/mol. The van der Waals surface area contributed by atoms with Crippen molar-refractivity contribution in [2.75, 3.05) is 26.4 Å². The van der Waals surface area contributed by atoms with Crippen LogP contribution in [0.25, 0.3) is 0 Å². The van der Waals surface area contributed by atoms with Crippen LogP contribution in [0.2, 0.25) is 5.02 Å². The van der Waals surface area contributed by atoms with Crippen LogP contribution >= 0.6 is 27.5 Å². The van der Waals surface area contributed by atoms with Crippen LogP contribution in [0.15, 0.2) is 16.6 Å². The summed E-state index contributed by atoms with van der Waals surface area (Å²) < 4.78 is 12.0. The normalized spacial score (nSPS) is 11.3. The van der Waals surface area contributed by atoms with E-state index in [1.54, 1.807) is 0 Å². The molecule has 0 spiro atoms. The number of benzene rings is 1. The second-order valence-corrected chi connectivity index (χ2v) is 6.65. The lowest BCUT2D eigenvalue weighted by atomic mass is 10.2. The molecular weight excluding hydrogens is 430 g/mol. The highest BCUT2D eigenvalue weighted by molar-refractivity contribution is 9.10. The first-order valence-corrected chi connectivity index (χ1v) is 9.21. The second kappa shape index (κ2) is 13.8. The number of aryl methyl sites for hydroxylation is 1. The van der Waals surface area contributed by atoms with Gasteiger partial charge in [0.25, 0.3) is 0 Å². The number of carbonyl (C=O) groups is 2. The SMILES string of the molecule is CCC(C)NCCOCCOc1c(Cl)cc(C)cc1Br.O=C(O)C(=O)O. The van der Waals surface area contributed by atoms with Gasteiger partial charge in [0.15, 0.2) is 5.75 Å². The molecule has 0 aliphatic rings. The Balaban J connectivity index is 0.000000896. The predicted octanol–water partition coefficient (Wildman–Crippen LogP) is 3.35. The van der Waals surface area contributed by atoms with Gasteiger partial charge in [-0.1, -0.05) is 18.5 Å². The van der Waals surface area contributed by atoms with Crippen molar-refractivity contribution in [2.24, 2.45) is 0 Å². The number of halogens is 2. The molecule has 7 nitrogen and oxygen atoms in total. The van der Waals surface area contributed by atoms with Gasteiger partial charge < -0.3 is 25.0 Å². The molecule has 1 aromatic carbocycles. The number of ether oxygens (including phenoxy) is 2. The summed E-state index contributed by atoms with van der Waals surface area (Å²) in [5, 5.41) is 18.8. The van der Waals surface area contributed by atoms with E-state index in [0.29, 0.717) is 36.6 Å². The highest BCUT2D eigenvalue weighted by Crippen LogP contribution is 2.34. The smallest absolute Gasteiger partial charge is 0.414 e. The lowest BCUT2D eigenvalue weighted by Crippen LogP contribution is -2.29. The quantitative estimate of drug-likeness (QED) is 0.388. The van der Waals surface area contributed by atoms with Crippen molar-refractivity contribution in [3.8, 4) is 5.75 Å². The van der Waals surface area contributed by atoms with Gasteiger partial charge in [-0.25, -0.2) is 9.59 Å². The fourth-order valence-corrected chi connectivity index (χ4v) is 2.78. The van der Waals surface area contributed by atoms with E-state index in [9.17, 15) is 0 Å². The molecule has 0 aromatic heterocycles. The maximum atomic E-state index is 9.10. The third kappa shape index (κ3) is 11.3. The number of carboxylic acids is 2. The Morgan fingerprint density at radius 3 is 2.35 bits per heavy atom. The van der Waals surface area contributed by atoms with E-state index >= 15 is 0 Å². The van der Waals surface area contributed by atoms with Crippen LogP contribution < -0.4 is 10.1 Å². The molecule has 1 unspecified atom stereocenters. The van der Waals surface area contributed by atoms with Gasteiger partial charge in [-0.3, -0.25) is 0 Å². The first-order chi connectivity index (χ1) is 12.2. The summed E-state index contributed by atoms with van der Waals surface area (Å²) in [7, 11) is 0. The van der Waals surface area contributed by atoms with Crippen LogP contribution in [0.3, 0.4) is 0 Å². The molecule has 0 aliphatic carbocycles. The fraction of sp³-hybridized carbons (Fsp3) is 0.529. The number of nitrogens with one attached hydrogen (secondary N) is 1. The molecule has 0 saturated carbocycles. The van der Waals surface area contributed by atoms with Crippen molar-refractivity contribution in [2.45, 2.75) is 33.2 Å². The van der Waals surface area contributed by atoms with Gasteiger partial charge in [0, 0.05) is 12.6 Å². The standard InChI is InChI=1S/C15H23BrClNO2.C2H2O4/c1-4-12(3)18-5-6-19-7-8-20-15-13(16)9-11(2)10-14(15)17;3-1(4)2(5)6/h9-10,12,18H,4-8H2,1-3H3;(H,3,4)(H,5,6). The Bertz CT molecular complexity index is 549. The van der Waals surface area contributed by atoms with E-state index in [-0.39, 0.29) is 0 Å². The van der Waals surface area contributed by atoms with Crippen LogP contribution in [0.4, 0.5) is 0 Å². The molecule has 0 bridgehead atoms. The van der Waals surface area contributed by atoms with Crippen molar-refractivity contribution in [3.63, 3.8) is 0 Å². The summed E-state index contributed by atoms with van der Waals surface area (Å²) >= 11 is 9.60. The Morgan fingerprint density at radius 2 is 1.85 bits per heavy atom. The van der Waals surface area contributed by atoms with Crippen LogP contribution in [-0.2, 0) is 14.3 Å². The summed E-state index contributed by atoms with van der Waals surface area (Å²) in [6.07, 6.45) is 1.13. The molecule has 9 heteroatoms. The maximum Gasteiger partial charge on any atom is 0.414 e. The zero-order chi connectivity index (χ0) is 20.1. The molecule has 0 fully saturated rings. The van der Waals surface area contributed by atoms with E-state index in [1.807, 2.05) is 19.1 Å². The molecule has 0 heterocycles. The van der Waals surface area contributed by atoms with Crippen molar-refractivity contribution in [1.29, 1.82) is 0 Å². The minimum absolute atomic E-state index is 0.491. The van der Waals surface area contributed by atoms with Crippen molar-refractivity contribution >= 4 is 39.5 Å². The van der Waals surface area contributed by atoms with E-state index in [2.05, 4.69) is 35.1 Å². The van der Waals surface area contributed by atoms with Gasteiger partial charge in [0.1, 0.15) is 6.61 Å². The topological polar surface area (TPSA) is 105 Å². The maximum absolute atomic E-state index is 9.10. The zero-order valence-corrected chi connectivity index (χ0v) is 17.4. The molecule has 3 N–H and O–H groups in total. The molecule has 0 saturated heterocycles. The second-order valence-electron chi connectivity index (χ2n) is 5.39. The average molecular weight is 455 g/mol. The lowest BCUT2D eigenvalue weighted by molar-refractivity contribution is -0.159. The first kappa shape index (κ1) is 24.7. The van der Waals surface area contributed by atoms with Gasteiger partial charge in [0.05, 0.1) is 22.7 Å². The minimum Gasteiger partial charge on any atom is -0.488 e. The molecule has 148 valence electrons. The van der Waals surface area contributed by atoms with Gasteiger partial charge in [-0.15, -0.1) is 0 Å². The molecule has 1 rings (SSSR count). The Morgan fingerprint density at radius 1 is 1.23 bits per heavy atom. The average Bonchev–Trinajstić information content (AvgIpc) is 2.55. The summed E-state index contributed by atoms with van der Waals surface area (Å²) in [5.41, 5.74) is 1.10. The van der Waals surface area contributed by atoms with E-state index < -0.39 is 11.9 Å². The summed E-state index contributed by atoms with van der Waals surface area (Å²) in [5.74, 6) is -2.97. The van der Waals surface area contributed by atoms with Crippen molar-refractivity contribution in [3.05, 3.63) is 27.2 Å². The Hall–Kier alpha value is -1.35. The number of rotatable bonds is 9. The summed E-state index contributed by atoms with van der Waals surface area (Å²) in [6.45, 7) is 8.92. The van der Waals surface area contributed by atoms with E-state index in [4.69, 9.17) is 40.9 Å². The van der Waals surface area contributed by atoms with Gasteiger partial charge in [-0.05, 0) is 53.9 Å². The van der Waals surface area contributed by atoms with Crippen molar-refractivity contribution < 1.29 is 29.3 Å². The van der Waals surface area contributed by atoms with Gasteiger partial charge in [-0.2, -0.15) is 0 Å². The first-order valence-electron chi connectivity index (χ1n) is 8.04. The summed E-state index contributed by atoms with van der Waals surface area (Å²) in [6, 6.07) is 4.41. The van der Waals surface area contributed by atoms with Crippen LogP contribution in [0, 0.1) is 6.92 Å². The molecule has 0 aliphatic heterocycles. The van der Waals surface area contributed by atoms with Crippen molar-refractivity contribution in [1.82, 2.24) is 5.32 Å². The lowest BCUT2D eigenvalue weighted by Gasteiger charge is -2.13. The highest BCUT2D eigenvalue weighted by Gasteiger charge is 2.07. The van der Waals surface area contributed by atoms with Gasteiger partial charge >= 0.3 is 11.9 Å². The Labute approximate surface area is 166 Å². The fourth-order valence-electron chi connectivity index (χ4n) is 1.65. The number of aliphatic carboxylic acids is 2. The zero-order valence-electron chi connectivity index (χ0n) is 15.1. The van der Waals surface area contributed by atoms with E-state index in [1.165, 1.54) is 0 Å². The molecule has 1 atom stereocenters. The minimum atomic E-state index is -1.82. The van der Waals surface area contributed by atoms with Crippen LogP contribution in [-0.4, -0.2) is 54.6 Å². The highest BCUT2D eigenvalue weighted by atomic mass is 79.9. The number of hydrogen-bond donors (Lipinski definition) is 3. The Kier molecular flexibility index (Phi) is 13.1. The molecule has 0 amide bonds.